The summed E-state index contributed by atoms with van der Waals surface area (Å²) in [5.74, 6) is 3.14. The van der Waals surface area contributed by atoms with Gasteiger partial charge in [0.2, 0.25) is 5.91 Å². The number of amides is 2. The minimum atomic E-state index is -0.181. The van der Waals surface area contributed by atoms with Crippen molar-refractivity contribution in [1.82, 2.24) is 14.8 Å². The molecule has 0 radical (unpaired) electrons. The van der Waals surface area contributed by atoms with Crippen LogP contribution in [-0.4, -0.2) is 66.2 Å². The van der Waals surface area contributed by atoms with E-state index in [1.807, 2.05) is 4.90 Å². The largest absolute Gasteiger partial charge is 0.497 e. The lowest BCUT2D eigenvalue weighted by Gasteiger charge is -2.31. The summed E-state index contributed by atoms with van der Waals surface area (Å²) in [5, 5.41) is 2.69. The number of methoxy groups -OCH3 is 1. The van der Waals surface area contributed by atoms with Crippen LogP contribution in [0.3, 0.4) is 0 Å². The molecule has 0 unspecified atom stereocenters. The van der Waals surface area contributed by atoms with Gasteiger partial charge in [-0.2, -0.15) is 0 Å². The van der Waals surface area contributed by atoms with E-state index in [0.29, 0.717) is 30.1 Å². The molecule has 2 heterocycles. The van der Waals surface area contributed by atoms with Crippen LogP contribution in [0, 0.1) is 12.3 Å². The third kappa shape index (κ3) is 5.74. The number of carbonyl (C=O) groups excluding carboxylic acids is 3. The number of Topliss-reactive ketones (excluding diaryl/α,β-unsaturated/α-hetero) is 1. The predicted octanol–water partition coefficient (Wildman–Crippen LogP) is 3.23. The summed E-state index contributed by atoms with van der Waals surface area (Å²) >= 11 is 1.48. The number of rotatable bonds is 8. The molecule has 0 spiro atoms. The number of piperidine rings is 1. The second kappa shape index (κ2) is 10.9. The number of ether oxygens (including phenoxy) is 1. The number of ketones is 1. The summed E-state index contributed by atoms with van der Waals surface area (Å²) in [5.41, 5.74) is 0.998. The molecule has 0 N–H and O–H groups in total. The molecule has 32 heavy (non-hydrogen) atoms. The molecule has 1 aromatic carbocycles. The first-order valence-corrected chi connectivity index (χ1v) is 11.4. The van der Waals surface area contributed by atoms with Crippen molar-refractivity contribution >= 4 is 28.9 Å². The van der Waals surface area contributed by atoms with Gasteiger partial charge in [0.1, 0.15) is 11.4 Å². The summed E-state index contributed by atoms with van der Waals surface area (Å²) in [6, 6.07) is 6.91. The molecule has 2 amide bonds. The Morgan fingerprint density at radius 3 is 2.53 bits per heavy atom. The summed E-state index contributed by atoms with van der Waals surface area (Å²) < 4.78 is 5.10. The molecular formula is C24H27N3O4S. The minimum absolute atomic E-state index is 0.00349. The van der Waals surface area contributed by atoms with E-state index in [4.69, 9.17) is 11.2 Å². The maximum Gasteiger partial charge on any atom is 0.273 e. The molecule has 1 aliphatic rings. The number of terminal acetylenes is 1. The Kier molecular flexibility index (Phi) is 8.01. The molecule has 2 aromatic rings. The van der Waals surface area contributed by atoms with Gasteiger partial charge < -0.3 is 14.5 Å². The van der Waals surface area contributed by atoms with Crippen LogP contribution in [-0.2, 0) is 4.79 Å². The van der Waals surface area contributed by atoms with Crippen molar-refractivity contribution in [3.8, 4) is 18.1 Å². The smallest absolute Gasteiger partial charge is 0.273 e. The fourth-order valence-electron chi connectivity index (χ4n) is 3.65. The van der Waals surface area contributed by atoms with Gasteiger partial charge in [-0.25, -0.2) is 4.98 Å². The Labute approximate surface area is 192 Å². The normalized spacial score (nSPS) is 14.0. The van der Waals surface area contributed by atoms with Gasteiger partial charge in [-0.15, -0.1) is 17.8 Å². The Balaban J connectivity index is 1.47. The highest BCUT2D eigenvalue weighted by atomic mass is 32.1. The average Bonchev–Trinajstić information content (AvgIpc) is 3.32. The van der Waals surface area contributed by atoms with Crippen molar-refractivity contribution < 1.29 is 19.1 Å². The second-order valence-electron chi connectivity index (χ2n) is 7.74. The van der Waals surface area contributed by atoms with Gasteiger partial charge in [0.25, 0.3) is 5.91 Å². The molecule has 7 nitrogen and oxygen atoms in total. The molecule has 1 aliphatic heterocycles. The fourth-order valence-corrected chi connectivity index (χ4v) is 4.62. The molecule has 0 atom stereocenters. The van der Waals surface area contributed by atoms with Gasteiger partial charge >= 0.3 is 0 Å². The first kappa shape index (κ1) is 23.5. The van der Waals surface area contributed by atoms with Crippen LogP contribution in [0.15, 0.2) is 29.6 Å². The Morgan fingerprint density at radius 2 is 1.91 bits per heavy atom. The van der Waals surface area contributed by atoms with E-state index in [1.165, 1.54) is 16.2 Å². The van der Waals surface area contributed by atoms with Crippen molar-refractivity contribution in [2.45, 2.75) is 31.6 Å². The summed E-state index contributed by atoms with van der Waals surface area (Å²) in [6.07, 6.45) is 7.24. The van der Waals surface area contributed by atoms with Crippen LogP contribution in [0.2, 0.25) is 0 Å². The Morgan fingerprint density at radius 1 is 1.22 bits per heavy atom. The first-order valence-electron chi connectivity index (χ1n) is 10.5. The van der Waals surface area contributed by atoms with E-state index in [0.717, 1.165) is 17.8 Å². The minimum Gasteiger partial charge on any atom is -0.497 e. The quantitative estimate of drug-likeness (QED) is 0.453. The number of carbonyl (C=O) groups is 3. The summed E-state index contributed by atoms with van der Waals surface area (Å²) in [4.78, 5) is 45.1. The number of likely N-dealkylation sites (tertiary alicyclic amines) is 1. The third-order valence-corrected chi connectivity index (χ3v) is 6.60. The summed E-state index contributed by atoms with van der Waals surface area (Å²) in [6.45, 7) is 1.49. The number of hydrogen-bond acceptors (Lipinski definition) is 6. The van der Waals surface area contributed by atoms with Crippen molar-refractivity contribution in [1.29, 1.82) is 0 Å². The molecule has 1 saturated heterocycles. The van der Waals surface area contributed by atoms with Gasteiger partial charge in [-0.3, -0.25) is 14.4 Å². The van der Waals surface area contributed by atoms with Crippen molar-refractivity contribution in [2.24, 2.45) is 0 Å². The molecule has 3 rings (SSSR count). The van der Waals surface area contributed by atoms with Crippen LogP contribution < -0.4 is 4.74 Å². The van der Waals surface area contributed by atoms with Crippen LogP contribution in [0.4, 0.5) is 0 Å². The van der Waals surface area contributed by atoms with Gasteiger partial charge in [0, 0.05) is 49.8 Å². The van der Waals surface area contributed by atoms with Crippen molar-refractivity contribution in [2.75, 3.05) is 33.8 Å². The van der Waals surface area contributed by atoms with Crippen LogP contribution in [0.25, 0.3) is 0 Å². The van der Waals surface area contributed by atoms with E-state index in [2.05, 4.69) is 10.9 Å². The molecule has 8 heteroatoms. The lowest BCUT2D eigenvalue weighted by molar-refractivity contribution is -0.132. The highest BCUT2D eigenvalue weighted by Crippen LogP contribution is 2.31. The number of benzene rings is 1. The average molecular weight is 454 g/mol. The Hall–Kier alpha value is -3.18. The van der Waals surface area contributed by atoms with E-state index < -0.39 is 0 Å². The standard InChI is InChI=1S/C24H27N3O4S/c1-4-13-26(2)24(30)20-16-32-23(25-20)18-11-14-27(15-12-18)22(29)10-9-21(28)17-5-7-19(31-3)8-6-17/h1,5-8,16,18H,9-15H2,2-3H3. The van der Waals surface area contributed by atoms with Crippen molar-refractivity contribution in [3.05, 3.63) is 45.9 Å². The van der Waals surface area contributed by atoms with Crippen LogP contribution >= 0.6 is 11.3 Å². The molecule has 1 aromatic heterocycles. The van der Waals surface area contributed by atoms with Crippen LogP contribution in [0.5, 0.6) is 5.75 Å². The zero-order valence-electron chi connectivity index (χ0n) is 18.4. The van der Waals surface area contributed by atoms with E-state index in [9.17, 15) is 14.4 Å². The number of hydrogen-bond donors (Lipinski definition) is 0. The lowest BCUT2D eigenvalue weighted by Crippen LogP contribution is -2.38. The molecule has 1 fully saturated rings. The number of aromatic nitrogens is 1. The van der Waals surface area contributed by atoms with Crippen molar-refractivity contribution in [3.63, 3.8) is 0 Å². The lowest BCUT2D eigenvalue weighted by atomic mass is 9.97. The second-order valence-corrected chi connectivity index (χ2v) is 8.63. The fraction of sp³-hybridized carbons (Fsp3) is 0.417. The van der Waals surface area contributed by atoms with Gasteiger partial charge in [0.15, 0.2) is 5.78 Å². The first-order chi connectivity index (χ1) is 15.4. The number of nitrogens with zero attached hydrogens (tertiary/aromatic N) is 3. The molecule has 168 valence electrons. The third-order valence-electron chi connectivity index (χ3n) is 5.59. The van der Waals surface area contributed by atoms with Gasteiger partial charge in [0.05, 0.1) is 18.7 Å². The van der Waals surface area contributed by atoms with Gasteiger partial charge in [-0.05, 0) is 37.1 Å². The highest BCUT2D eigenvalue weighted by Gasteiger charge is 2.27. The zero-order valence-corrected chi connectivity index (χ0v) is 19.2. The zero-order chi connectivity index (χ0) is 23.1. The van der Waals surface area contributed by atoms with E-state index in [-0.39, 0.29) is 42.9 Å². The molecule has 0 saturated carbocycles. The monoisotopic (exact) mass is 453 g/mol. The van der Waals surface area contributed by atoms with Gasteiger partial charge in [-0.1, -0.05) is 5.92 Å². The molecule has 0 bridgehead atoms. The van der Waals surface area contributed by atoms with E-state index in [1.54, 1.807) is 43.8 Å². The van der Waals surface area contributed by atoms with Crippen LogP contribution in [0.1, 0.15) is 57.5 Å². The number of thiazole rings is 1. The highest BCUT2D eigenvalue weighted by molar-refractivity contribution is 7.09. The predicted molar refractivity (Wildman–Crippen MR) is 123 cm³/mol. The topological polar surface area (TPSA) is 79.8 Å². The Bertz CT molecular complexity index is 1000. The molecule has 0 aliphatic carbocycles. The maximum atomic E-state index is 12.6. The SMILES string of the molecule is C#CCN(C)C(=O)c1csc(C2CCN(C(=O)CCC(=O)c3ccc(OC)cc3)CC2)n1. The molecular weight excluding hydrogens is 426 g/mol. The summed E-state index contributed by atoms with van der Waals surface area (Å²) in [7, 11) is 3.23. The van der Waals surface area contributed by atoms with E-state index >= 15 is 0 Å². The maximum absolute atomic E-state index is 12.6.